The molecule has 0 saturated carbocycles. The lowest BCUT2D eigenvalue weighted by Crippen LogP contribution is -2.24. The van der Waals surface area contributed by atoms with Crippen LogP contribution in [0.1, 0.15) is 21.5 Å². The first-order chi connectivity index (χ1) is 16.3. The lowest BCUT2D eigenvalue weighted by Gasteiger charge is -2.15. The maximum Gasteiger partial charge on any atom is 0.262 e. The van der Waals surface area contributed by atoms with Crippen molar-refractivity contribution in [1.82, 2.24) is 5.32 Å². The van der Waals surface area contributed by atoms with Gasteiger partial charge in [0.05, 0.1) is 17.7 Å². The van der Waals surface area contributed by atoms with Gasteiger partial charge in [0.2, 0.25) is 0 Å². The molecule has 0 fully saturated rings. The molecule has 4 aromatic rings. The van der Waals surface area contributed by atoms with E-state index in [4.69, 9.17) is 4.74 Å². The molecule has 0 aliphatic heterocycles. The number of methoxy groups -OCH3 is 1. The molecular formula is C26H23FN2O4S. The Bertz CT molecular complexity index is 1490. The van der Waals surface area contributed by atoms with Gasteiger partial charge in [-0.05, 0) is 53.6 Å². The zero-order chi connectivity index (χ0) is 24.3. The topological polar surface area (TPSA) is 84.5 Å². The summed E-state index contributed by atoms with van der Waals surface area (Å²) in [6.45, 7) is 1.90. The summed E-state index contributed by atoms with van der Waals surface area (Å²) in [5.41, 5.74) is 1.46. The number of nitrogens with one attached hydrogen (secondary N) is 2. The van der Waals surface area contributed by atoms with Crippen LogP contribution in [0.2, 0.25) is 0 Å². The molecule has 1 amide bonds. The second-order valence-corrected chi connectivity index (χ2v) is 9.39. The molecule has 0 heterocycles. The molecule has 34 heavy (non-hydrogen) atoms. The van der Waals surface area contributed by atoms with E-state index in [0.717, 1.165) is 22.4 Å². The van der Waals surface area contributed by atoms with Crippen LogP contribution in [0.3, 0.4) is 0 Å². The maximum atomic E-state index is 13.9. The lowest BCUT2D eigenvalue weighted by atomic mass is 10.0. The number of fused-ring (bicyclic) bond motifs is 1. The zero-order valence-electron chi connectivity index (χ0n) is 18.6. The van der Waals surface area contributed by atoms with Crippen LogP contribution in [-0.4, -0.2) is 21.4 Å². The van der Waals surface area contributed by atoms with Crippen molar-refractivity contribution in [1.29, 1.82) is 0 Å². The molecule has 0 atom stereocenters. The second-order valence-electron chi connectivity index (χ2n) is 7.71. The molecule has 6 nitrogen and oxygen atoms in total. The monoisotopic (exact) mass is 478 g/mol. The van der Waals surface area contributed by atoms with Crippen molar-refractivity contribution in [2.75, 3.05) is 11.8 Å². The van der Waals surface area contributed by atoms with E-state index in [1.165, 1.54) is 30.3 Å². The van der Waals surface area contributed by atoms with Crippen molar-refractivity contribution in [3.63, 3.8) is 0 Å². The molecule has 4 aromatic carbocycles. The average Bonchev–Trinajstić information content (AvgIpc) is 2.83. The van der Waals surface area contributed by atoms with Crippen molar-refractivity contribution in [2.24, 2.45) is 0 Å². The van der Waals surface area contributed by atoms with Crippen LogP contribution in [0, 0.1) is 12.7 Å². The highest BCUT2D eigenvalue weighted by molar-refractivity contribution is 7.92. The number of halogens is 1. The van der Waals surface area contributed by atoms with Gasteiger partial charge in [0.1, 0.15) is 11.6 Å². The minimum absolute atomic E-state index is 0.144. The van der Waals surface area contributed by atoms with E-state index >= 15 is 0 Å². The SMILES string of the molecule is COc1ccc2ccccc2c1CNC(=O)c1cc(S(=O)(=O)Nc2ccccc2F)ccc1C. The Hall–Kier alpha value is -3.91. The molecule has 8 heteroatoms. The Labute approximate surface area is 197 Å². The van der Waals surface area contributed by atoms with Crippen LogP contribution in [0.25, 0.3) is 10.8 Å². The molecule has 0 bridgehead atoms. The molecule has 0 unspecified atom stereocenters. The van der Waals surface area contributed by atoms with Gasteiger partial charge < -0.3 is 10.1 Å². The van der Waals surface area contributed by atoms with E-state index in [1.54, 1.807) is 20.1 Å². The Kier molecular flexibility index (Phi) is 6.51. The third-order valence-corrected chi connectivity index (χ3v) is 6.89. The van der Waals surface area contributed by atoms with Gasteiger partial charge in [-0.25, -0.2) is 12.8 Å². The standard InChI is InChI=1S/C26H23FN2O4S/c1-17-11-13-19(34(31,32)29-24-10-6-5-9-23(24)27)15-21(17)26(30)28-16-22-20-8-4-3-7-18(20)12-14-25(22)33-2/h3-15,29H,16H2,1-2H3,(H,28,30). The largest absolute Gasteiger partial charge is 0.496 e. The summed E-state index contributed by atoms with van der Waals surface area (Å²) >= 11 is 0. The van der Waals surface area contributed by atoms with Gasteiger partial charge in [-0.1, -0.05) is 48.5 Å². The van der Waals surface area contributed by atoms with E-state index in [-0.39, 0.29) is 22.7 Å². The number of hydrogen-bond acceptors (Lipinski definition) is 4. The van der Waals surface area contributed by atoms with Crippen LogP contribution < -0.4 is 14.8 Å². The number of anilines is 1. The van der Waals surface area contributed by atoms with Gasteiger partial charge in [-0.2, -0.15) is 0 Å². The predicted octanol–water partition coefficient (Wildman–Crippen LogP) is 5.03. The maximum absolute atomic E-state index is 13.9. The molecule has 0 aliphatic rings. The minimum Gasteiger partial charge on any atom is -0.496 e. The highest BCUT2D eigenvalue weighted by Crippen LogP contribution is 2.28. The van der Waals surface area contributed by atoms with Crippen LogP contribution in [0.15, 0.2) is 83.8 Å². The number of rotatable bonds is 7. The quantitative estimate of drug-likeness (QED) is 0.390. The third-order valence-electron chi connectivity index (χ3n) is 5.53. The summed E-state index contributed by atoms with van der Waals surface area (Å²) < 4.78 is 47.3. The summed E-state index contributed by atoms with van der Waals surface area (Å²) in [4.78, 5) is 12.9. The smallest absolute Gasteiger partial charge is 0.262 e. The highest BCUT2D eigenvalue weighted by Gasteiger charge is 2.20. The molecule has 0 aliphatic carbocycles. The Morgan fingerprint density at radius 3 is 2.47 bits per heavy atom. The van der Waals surface area contributed by atoms with E-state index in [0.29, 0.717) is 11.3 Å². The van der Waals surface area contributed by atoms with Gasteiger partial charge in [0, 0.05) is 17.7 Å². The van der Waals surface area contributed by atoms with Gasteiger partial charge in [0.15, 0.2) is 0 Å². The lowest BCUT2D eigenvalue weighted by molar-refractivity contribution is 0.0950. The summed E-state index contributed by atoms with van der Waals surface area (Å²) in [6, 6.07) is 21.2. The number of hydrogen-bond donors (Lipinski definition) is 2. The van der Waals surface area contributed by atoms with Crippen molar-refractivity contribution < 1.29 is 22.3 Å². The van der Waals surface area contributed by atoms with Crippen molar-refractivity contribution in [3.8, 4) is 5.75 Å². The van der Waals surface area contributed by atoms with Crippen LogP contribution in [0.4, 0.5) is 10.1 Å². The molecule has 2 N–H and O–H groups in total. The minimum atomic E-state index is -4.11. The first-order valence-corrected chi connectivity index (χ1v) is 12.0. The molecule has 0 radical (unpaired) electrons. The molecule has 0 aromatic heterocycles. The number of ether oxygens (including phenoxy) is 1. The van der Waals surface area contributed by atoms with Gasteiger partial charge in [0.25, 0.3) is 15.9 Å². The van der Waals surface area contributed by atoms with Crippen molar-refractivity contribution >= 4 is 32.4 Å². The summed E-state index contributed by atoms with van der Waals surface area (Å²) in [7, 11) is -2.54. The molecule has 0 saturated heterocycles. The van der Waals surface area contributed by atoms with Gasteiger partial charge >= 0.3 is 0 Å². The first-order valence-electron chi connectivity index (χ1n) is 10.5. The fraction of sp³-hybridized carbons (Fsp3) is 0.115. The molecule has 4 rings (SSSR count). The highest BCUT2D eigenvalue weighted by atomic mass is 32.2. The number of aryl methyl sites for hydroxylation is 1. The summed E-state index contributed by atoms with van der Waals surface area (Å²) in [5, 5.41) is 4.82. The van der Waals surface area contributed by atoms with Crippen LogP contribution in [0.5, 0.6) is 5.75 Å². The fourth-order valence-corrected chi connectivity index (χ4v) is 4.81. The Morgan fingerprint density at radius 2 is 1.71 bits per heavy atom. The third kappa shape index (κ3) is 4.72. The number of benzene rings is 4. The first kappa shape index (κ1) is 23.3. The normalized spacial score (nSPS) is 11.3. The number of amides is 1. The van der Waals surface area contributed by atoms with Crippen LogP contribution >= 0.6 is 0 Å². The number of para-hydroxylation sites is 1. The second kappa shape index (κ2) is 9.52. The number of sulfonamides is 1. The van der Waals surface area contributed by atoms with E-state index in [2.05, 4.69) is 10.0 Å². The number of carbonyl (C=O) groups excluding carboxylic acids is 1. The van der Waals surface area contributed by atoms with Gasteiger partial charge in [-0.15, -0.1) is 0 Å². The summed E-state index contributed by atoms with van der Waals surface area (Å²) in [5.74, 6) is -0.489. The molecule has 174 valence electrons. The Morgan fingerprint density at radius 1 is 0.971 bits per heavy atom. The molecular weight excluding hydrogens is 455 g/mol. The molecule has 0 spiro atoms. The Balaban J connectivity index is 1.60. The van der Waals surface area contributed by atoms with E-state index < -0.39 is 21.7 Å². The van der Waals surface area contributed by atoms with Gasteiger partial charge in [-0.3, -0.25) is 9.52 Å². The van der Waals surface area contributed by atoms with Crippen molar-refractivity contribution in [2.45, 2.75) is 18.4 Å². The van der Waals surface area contributed by atoms with E-state index in [1.807, 2.05) is 36.4 Å². The predicted molar refractivity (Wildman–Crippen MR) is 130 cm³/mol. The van der Waals surface area contributed by atoms with Crippen molar-refractivity contribution in [3.05, 3.63) is 101 Å². The zero-order valence-corrected chi connectivity index (χ0v) is 19.4. The number of carbonyl (C=O) groups is 1. The average molecular weight is 479 g/mol. The van der Waals surface area contributed by atoms with Crippen LogP contribution in [-0.2, 0) is 16.6 Å². The summed E-state index contributed by atoms with van der Waals surface area (Å²) in [6.07, 6.45) is 0. The fourth-order valence-electron chi connectivity index (χ4n) is 3.71. The van der Waals surface area contributed by atoms with E-state index in [9.17, 15) is 17.6 Å².